The first-order valence-electron chi connectivity index (χ1n) is 11.4. The first-order chi connectivity index (χ1) is 17.0. The van der Waals surface area contributed by atoms with Gasteiger partial charge in [-0.1, -0.05) is 103 Å². The van der Waals surface area contributed by atoms with Crippen LogP contribution < -0.4 is 5.32 Å². The van der Waals surface area contributed by atoms with Gasteiger partial charge in [-0.15, -0.1) is 0 Å². The molecule has 0 saturated carbocycles. The zero-order chi connectivity index (χ0) is 24.7. The molecule has 0 aliphatic carbocycles. The van der Waals surface area contributed by atoms with Crippen molar-refractivity contribution >= 4 is 34.5 Å². The number of carbonyl (C=O) groups is 2. The zero-order valence-electron chi connectivity index (χ0n) is 19.1. The maximum atomic E-state index is 13.6. The maximum Gasteiger partial charge on any atom is 0.326 e. The third-order valence-electron chi connectivity index (χ3n) is 6.19. The van der Waals surface area contributed by atoms with Crippen LogP contribution in [0.4, 0.5) is 0 Å². The third kappa shape index (κ3) is 5.80. The second kappa shape index (κ2) is 11.3. The average molecular weight is 575 g/mol. The first-order valence-corrected chi connectivity index (χ1v) is 12.5. The summed E-state index contributed by atoms with van der Waals surface area (Å²) in [5, 5.41) is 12.7. The molecule has 0 saturated heterocycles. The molecule has 1 atom stereocenters. The fraction of sp³-hybridized carbons (Fsp3) is 0.133. The molecule has 1 amide bonds. The molecule has 0 spiro atoms. The normalized spacial score (nSPS) is 12.0. The zero-order valence-corrected chi connectivity index (χ0v) is 21.3. The van der Waals surface area contributed by atoms with Gasteiger partial charge in [-0.25, -0.2) is 4.79 Å². The molecular formula is C30H26INO3. The first kappa shape index (κ1) is 24.7. The van der Waals surface area contributed by atoms with E-state index in [9.17, 15) is 14.7 Å². The summed E-state index contributed by atoms with van der Waals surface area (Å²) in [5.41, 5.74) is 3.00. The molecular weight excluding hydrogens is 549 g/mol. The number of aliphatic carboxylic acids is 1. The number of hydrogen-bond acceptors (Lipinski definition) is 2. The van der Waals surface area contributed by atoms with Crippen molar-refractivity contribution in [3.8, 4) is 0 Å². The van der Waals surface area contributed by atoms with Crippen molar-refractivity contribution in [2.75, 3.05) is 0 Å². The van der Waals surface area contributed by atoms with Gasteiger partial charge in [0.2, 0.25) is 5.91 Å². The molecule has 0 aliphatic rings. The summed E-state index contributed by atoms with van der Waals surface area (Å²) in [6.45, 7) is 0. The van der Waals surface area contributed by atoms with Crippen LogP contribution in [0.15, 0.2) is 115 Å². The summed E-state index contributed by atoms with van der Waals surface area (Å²) in [6.07, 6.45) is 0.286. The standard InChI is InChI=1S/C30H26INO3/c31-26-18-10-11-22(19-26)20-27(29(34)35)32-28(33)21-30(23-12-4-1-5-13-23,24-14-6-2-7-15-24)25-16-8-3-9-17-25/h1-19,27H,20-21H2,(H,32,33)(H,34,35)/t27-/m0/s1. The molecule has 0 unspecified atom stereocenters. The van der Waals surface area contributed by atoms with E-state index in [0.717, 1.165) is 25.8 Å². The predicted molar refractivity (Wildman–Crippen MR) is 146 cm³/mol. The molecule has 0 radical (unpaired) electrons. The second-order valence-electron chi connectivity index (χ2n) is 8.47. The maximum absolute atomic E-state index is 13.6. The molecule has 35 heavy (non-hydrogen) atoms. The van der Waals surface area contributed by atoms with E-state index in [2.05, 4.69) is 27.9 Å². The number of benzene rings is 4. The Bertz CT molecular complexity index is 1180. The molecule has 176 valence electrons. The van der Waals surface area contributed by atoms with Crippen LogP contribution in [0.25, 0.3) is 0 Å². The molecule has 0 heterocycles. The van der Waals surface area contributed by atoms with Gasteiger partial charge >= 0.3 is 5.97 Å². The lowest BCUT2D eigenvalue weighted by Gasteiger charge is -2.36. The van der Waals surface area contributed by atoms with E-state index in [1.807, 2.05) is 115 Å². The SMILES string of the molecule is O=C(CC(c1ccccc1)(c1ccccc1)c1ccccc1)N[C@@H](Cc1cccc(I)c1)C(=O)O. The van der Waals surface area contributed by atoms with Crippen LogP contribution in [0.5, 0.6) is 0 Å². The Hall–Kier alpha value is -3.45. The van der Waals surface area contributed by atoms with Crippen molar-refractivity contribution in [2.24, 2.45) is 0 Å². The predicted octanol–water partition coefficient (Wildman–Crippen LogP) is 5.83. The summed E-state index contributed by atoms with van der Waals surface area (Å²) in [5.74, 6) is -1.37. The highest BCUT2D eigenvalue weighted by Gasteiger charge is 2.39. The number of halogens is 1. The van der Waals surface area contributed by atoms with Crippen LogP contribution in [-0.2, 0) is 21.4 Å². The number of carboxylic acids is 1. The minimum atomic E-state index is -1.05. The molecule has 0 aromatic heterocycles. The van der Waals surface area contributed by atoms with Crippen LogP contribution in [0.1, 0.15) is 28.7 Å². The second-order valence-corrected chi connectivity index (χ2v) is 9.72. The van der Waals surface area contributed by atoms with E-state index in [0.29, 0.717) is 0 Å². The molecule has 4 rings (SSSR count). The van der Waals surface area contributed by atoms with Gasteiger partial charge in [0.15, 0.2) is 0 Å². The van der Waals surface area contributed by atoms with E-state index in [1.165, 1.54) is 0 Å². The van der Waals surface area contributed by atoms with Crippen LogP contribution in [0.3, 0.4) is 0 Å². The lowest BCUT2D eigenvalue weighted by molar-refractivity contribution is -0.141. The van der Waals surface area contributed by atoms with E-state index in [-0.39, 0.29) is 18.7 Å². The van der Waals surface area contributed by atoms with Crippen LogP contribution in [-0.4, -0.2) is 23.0 Å². The summed E-state index contributed by atoms with van der Waals surface area (Å²) >= 11 is 2.20. The van der Waals surface area contributed by atoms with Gasteiger partial charge in [0.25, 0.3) is 0 Å². The number of nitrogens with one attached hydrogen (secondary N) is 1. The number of amides is 1. The third-order valence-corrected chi connectivity index (χ3v) is 6.86. The molecule has 0 bridgehead atoms. The Morgan fingerprint density at radius 3 is 1.66 bits per heavy atom. The minimum absolute atomic E-state index is 0.0706. The fourth-order valence-corrected chi connectivity index (χ4v) is 5.17. The Morgan fingerprint density at radius 1 is 0.743 bits per heavy atom. The summed E-state index contributed by atoms with van der Waals surface area (Å²) < 4.78 is 1.02. The van der Waals surface area contributed by atoms with Gasteiger partial charge in [-0.05, 0) is 57.0 Å². The van der Waals surface area contributed by atoms with E-state index >= 15 is 0 Å². The summed E-state index contributed by atoms with van der Waals surface area (Å²) in [7, 11) is 0. The number of carboxylic acid groups (broad SMARTS) is 1. The van der Waals surface area contributed by atoms with Crippen molar-refractivity contribution in [3.05, 3.63) is 141 Å². The van der Waals surface area contributed by atoms with Crippen LogP contribution in [0, 0.1) is 3.57 Å². The molecule has 4 aromatic rings. The lowest BCUT2D eigenvalue weighted by Crippen LogP contribution is -2.45. The monoisotopic (exact) mass is 575 g/mol. The van der Waals surface area contributed by atoms with Crippen molar-refractivity contribution in [2.45, 2.75) is 24.3 Å². The van der Waals surface area contributed by atoms with Gasteiger partial charge in [0, 0.05) is 16.4 Å². The van der Waals surface area contributed by atoms with E-state index in [4.69, 9.17) is 0 Å². The highest BCUT2D eigenvalue weighted by molar-refractivity contribution is 14.1. The van der Waals surface area contributed by atoms with E-state index < -0.39 is 17.4 Å². The Labute approximate surface area is 219 Å². The lowest BCUT2D eigenvalue weighted by atomic mass is 9.67. The highest BCUT2D eigenvalue weighted by atomic mass is 127. The number of rotatable bonds is 9. The molecule has 2 N–H and O–H groups in total. The Kier molecular flexibility index (Phi) is 7.98. The molecule has 0 fully saturated rings. The summed E-state index contributed by atoms with van der Waals surface area (Å²) in [4.78, 5) is 25.7. The van der Waals surface area contributed by atoms with Crippen LogP contribution >= 0.6 is 22.6 Å². The molecule has 5 heteroatoms. The topological polar surface area (TPSA) is 66.4 Å². The van der Waals surface area contributed by atoms with Crippen molar-refractivity contribution in [1.29, 1.82) is 0 Å². The molecule has 4 aromatic carbocycles. The van der Waals surface area contributed by atoms with Crippen molar-refractivity contribution in [1.82, 2.24) is 5.32 Å². The van der Waals surface area contributed by atoms with Gasteiger partial charge in [0.05, 0.1) is 5.41 Å². The Balaban J connectivity index is 1.73. The molecule has 4 nitrogen and oxygen atoms in total. The largest absolute Gasteiger partial charge is 0.480 e. The smallest absolute Gasteiger partial charge is 0.326 e. The highest BCUT2D eigenvalue weighted by Crippen LogP contribution is 2.42. The van der Waals surface area contributed by atoms with Gasteiger partial charge < -0.3 is 10.4 Å². The van der Waals surface area contributed by atoms with Crippen LogP contribution in [0.2, 0.25) is 0 Å². The summed E-state index contributed by atoms with van der Waals surface area (Å²) in [6, 6.07) is 36.4. The van der Waals surface area contributed by atoms with Crippen molar-refractivity contribution < 1.29 is 14.7 Å². The number of carbonyl (C=O) groups excluding carboxylic acids is 1. The van der Waals surface area contributed by atoms with Gasteiger partial charge in [0.1, 0.15) is 6.04 Å². The average Bonchev–Trinajstić information content (AvgIpc) is 2.88. The van der Waals surface area contributed by atoms with Gasteiger partial charge in [-0.3, -0.25) is 4.79 Å². The minimum Gasteiger partial charge on any atom is -0.480 e. The van der Waals surface area contributed by atoms with E-state index in [1.54, 1.807) is 0 Å². The number of hydrogen-bond donors (Lipinski definition) is 2. The molecule has 0 aliphatic heterocycles. The quantitative estimate of drug-likeness (QED) is 0.195. The Morgan fingerprint density at radius 2 is 1.23 bits per heavy atom. The fourth-order valence-electron chi connectivity index (χ4n) is 4.56. The van der Waals surface area contributed by atoms with Crippen molar-refractivity contribution in [3.63, 3.8) is 0 Å². The van der Waals surface area contributed by atoms with Gasteiger partial charge in [-0.2, -0.15) is 0 Å².